The van der Waals surface area contributed by atoms with E-state index in [1.165, 1.54) is 7.11 Å². The van der Waals surface area contributed by atoms with Crippen LogP contribution in [0.5, 0.6) is 0 Å². The molecule has 0 spiro atoms. The second kappa shape index (κ2) is 12.7. The van der Waals surface area contributed by atoms with Crippen LogP contribution in [-0.4, -0.2) is 61.5 Å². The third-order valence-electron chi connectivity index (χ3n) is 5.96. The molecule has 0 aromatic heterocycles. The molecular formula is C26H33ClN2O4. The van der Waals surface area contributed by atoms with Crippen molar-refractivity contribution in [3.63, 3.8) is 0 Å². The largest absolute Gasteiger partial charge is 0.465 e. The molecule has 1 atom stereocenters. The summed E-state index contributed by atoms with van der Waals surface area (Å²) in [7, 11) is 1.37. The van der Waals surface area contributed by atoms with E-state index < -0.39 is 0 Å². The van der Waals surface area contributed by atoms with E-state index >= 15 is 0 Å². The second-order valence-corrected chi connectivity index (χ2v) is 8.76. The molecule has 1 fully saturated rings. The zero-order chi connectivity index (χ0) is 23.6. The molecule has 3 rings (SSSR count). The average molecular weight is 473 g/mol. The normalized spacial score (nSPS) is 15.3. The summed E-state index contributed by atoms with van der Waals surface area (Å²) in [6.45, 7) is 6.44. The Balaban J connectivity index is 1.60. The maximum absolute atomic E-state index is 12.3. The van der Waals surface area contributed by atoms with E-state index in [2.05, 4.69) is 11.8 Å². The molecule has 1 aliphatic rings. The maximum Gasteiger partial charge on any atom is 0.337 e. The number of hydrogen-bond acceptors (Lipinski definition) is 5. The number of piperazine rings is 1. The molecule has 178 valence electrons. The SMILES string of the molecule is CCCCC(=O)N1CCN(C[C@H](OCc2ccc(C(=O)OC)cc2)c2ccc(Cl)cc2)CC1. The van der Waals surface area contributed by atoms with Crippen LogP contribution in [-0.2, 0) is 20.9 Å². The summed E-state index contributed by atoms with van der Waals surface area (Å²) in [5, 5.41) is 0.690. The van der Waals surface area contributed by atoms with Gasteiger partial charge in [0.15, 0.2) is 0 Å². The van der Waals surface area contributed by atoms with Crippen LogP contribution in [0.3, 0.4) is 0 Å². The zero-order valence-electron chi connectivity index (χ0n) is 19.5. The fourth-order valence-electron chi connectivity index (χ4n) is 3.88. The number of benzene rings is 2. The van der Waals surface area contributed by atoms with E-state index in [-0.39, 0.29) is 18.0 Å². The smallest absolute Gasteiger partial charge is 0.337 e. The molecule has 0 aliphatic carbocycles. The van der Waals surface area contributed by atoms with Gasteiger partial charge in [-0.25, -0.2) is 4.79 Å². The van der Waals surface area contributed by atoms with E-state index in [9.17, 15) is 9.59 Å². The quantitative estimate of drug-likeness (QED) is 0.468. The van der Waals surface area contributed by atoms with E-state index in [0.29, 0.717) is 23.6 Å². The number of halogens is 1. The Kier molecular flexibility index (Phi) is 9.73. The Morgan fingerprint density at radius 3 is 2.27 bits per heavy atom. The van der Waals surface area contributed by atoms with Gasteiger partial charge in [-0.05, 0) is 41.8 Å². The van der Waals surface area contributed by atoms with Crippen molar-refractivity contribution >= 4 is 23.5 Å². The molecule has 0 radical (unpaired) electrons. The molecule has 1 amide bonds. The van der Waals surface area contributed by atoms with Crippen molar-refractivity contribution in [2.75, 3.05) is 39.8 Å². The summed E-state index contributed by atoms with van der Waals surface area (Å²) in [5.41, 5.74) is 2.56. The molecule has 6 nitrogen and oxygen atoms in total. The van der Waals surface area contributed by atoms with Gasteiger partial charge in [0.25, 0.3) is 0 Å². The predicted octanol–water partition coefficient (Wildman–Crippen LogP) is 4.72. The Bertz CT molecular complexity index is 894. The molecule has 0 saturated carbocycles. The summed E-state index contributed by atoms with van der Waals surface area (Å²) in [6.07, 6.45) is 2.50. The van der Waals surface area contributed by atoms with Gasteiger partial charge < -0.3 is 14.4 Å². The number of esters is 1. The number of ether oxygens (including phenoxy) is 2. The number of amides is 1. The Labute approximate surface area is 201 Å². The monoisotopic (exact) mass is 472 g/mol. The number of nitrogens with zero attached hydrogens (tertiary/aromatic N) is 2. The first-order valence-electron chi connectivity index (χ1n) is 11.5. The van der Waals surface area contributed by atoms with Crippen molar-refractivity contribution in [2.45, 2.75) is 38.9 Å². The summed E-state index contributed by atoms with van der Waals surface area (Å²) in [6, 6.07) is 15.0. The highest BCUT2D eigenvalue weighted by molar-refractivity contribution is 6.30. The fraction of sp³-hybridized carbons (Fsp3) is 0.462. The van der Waals surface area contributed by atoms with Gasteiger partial charge in [-0.2, -0.15) is 0 Å². The van der Waals surface area contributed by atoms with Gasteiger partial charge in [0.2, 0.25) is 5.91 Å². The summed E-state index contributed by atoms with van der Waals surface area (Å²) >= 11 is 6.09. The molecule has 0 bridgehead atoms. The Hall–Kier alpha value is -2.41. The van der Waals surface area contributed by atoms with Crippen molar-refractivity contribution in [3.05, 3.63) is 70.2 Å². The molecule has 0 unspecified atom stereocenters. The first-order valence-corrected chi connectivity index (χ1v) is 11.9. The Morgan fingerprint density at radius 1 is 1.00 bits per heavy atom. The summed E-state index contributed by atoms with van der Waals surface area (Å²) in [4.78, 5) is 28.3. The first kappa shape index (κ1) is 25.2. The lowest BCUT2D eigenvalue weighted by Crippen LogP contribution is -2.49. The van der Waals surface area contributed by atoms with Gasteiger partial charge >= 0.3 is 5.97 Å². The third kappa shape index (κ3) is 7.56. The highest BCUT2D eigenvalue weighted by Crippen LogP contribution is 2.23. The molecule has 2 aromatic rings. The van der Waals surface area contributed by atoms with Crippen LogP contribution in [0.25, 0.3) is 0 Å². The van der Waals surface area contributed by atoms with E-state index in [0.717, 1.165) is 56.7 Å². The van der Waals surface area contributed by atoms with Gasteiger partial charge in [0.05, 0.1) is 25.4 Å². The predicted molar refractivity (Wildman–Crippen MR) is 129 cm³/mol. The number of methoxy groups -OCH3 is 1. The number of hydrogen-bond donors (Lipinski definition) is 0. The molecule has 1 aliphatic heterocycles. The van der Waals surface area contributed by atoms with E-state index in [4.69, 9.17) is 21.1 Å². The lowest BCUT2D eigenvalue weighted by molar-refractivity contribution is -0.133. The summed E-state index contributed by atoms with van der Waals surface area (Å²) in [5.74, 6) is -0.0915. The lowest BCUT2D eigenvalue weighted by Gasteiger charge is -2.36. The molecule has 2 aromatic carbocycles. The van der Waals surface area contributed by atoms with Gasteiger partial charge in [-0.3, -0.25) is 9.69 Å². The molecule has 7 heteroatoms. The van der Waals surface area contributed by atoms with Crippen LogP contribution in [0, 0.1) is 0 Å². The minimum atomic E-state index is -0.353. The van der Waals surface area contributed by atoms with Crippen LogP contribution in [0.2, 0.25) is 5.02 Å². The minimum Gasteiger partial charge on any atom is -0.465 e. The van der Waals surface area contributed by atoms with Crippen LogP contribution in [0.4, 0.5) is 0 Å². The fourth-order valence-corrected chi connectivity index (χ4v) is 4.01. The first-order chi connectivity index (χ1) is 16.0. The molecule has 33 heavy (non-hydrogen) atoms. The van der Waals surface area contributed by atoms with Gasteiger partial charge in [0.1, 0.15) is 0 Å². The minimum absolute atomic E-state index is 0.134. The van der Waals surface area contributed by atoms with Gasteiger partial charge in [-0.15, -0.1) is 0 Å². The molecular weight excluding hydrogens is 440 g/mol. The number of rotatable bonds is 10. The second-order valence-electron chi connectivity index (χ2n) is 8.32. The Morgan fingerprint density at radius 2 is 1.67 bits per heavy atom. The standard InChI is InChI=1S/C26H33ClN2O4/c1-3-4-5-25(30)29-16-14-28(15-17-29)18-24(21-10-12-23(27)13-11-21)33-19-20-6-8-22(9-7-20)26(31)32-2/h6-13,24H,3-5,14-19H2,1-2H3/t24-/m0/s1. The third-order valence-corrected chi connectivity index (χ3v) is 6.21. The van der Waals surface area contributed by atoms with Crippen molar-refractivity contribution in [1.82, 2.24) is 9.80 Å². The number of unbranched alkanes of at least 4 members (excludes halogenated alkanes) is 1. The van der Waals surface area contributed by atoms with Gasteiger partial charge in [-0.1, -0.05) is 49.2 Å². The zero-order valence-corrected chi connectivity index (χ0v) is 20.2. The van der Waals surface area contributed by atoms with Gasteiger partial charge in [0, 0.05) is 44.2 Å². The number of carbonyl (C=O) groups excluding carboxylic acids is 2. The lowest BCUT2D eigenvalue weighted by atomic mass is 10.1. The van der Waals surface area contributed by atoms with E-state index in [1.54, 1.807) is 12.1 Å². The summed E-state index contributed by atoms with van der Waals surface area (Å²) < 4.78 is 11.1. The topological polar surface area (TPSA) is 59.1 Å². The molecule has 0 N–H and O–H groups in total. The van der Waals surface area contributed by atoms with Crippen LogP contribution in [0.1, 0.15) is 53.8 Å². The van der Waals surface area contributed by atoms with Crippen molar-refractivity contribution in [3.8, 4) is 0 Å². The van der Waals surface area contributed by atoms with Crippen LogP contribution >= 0.6 is 11.6 Å². The maximum atomic E-state index is 12.3. The highest BCUT2D eigenvalue weighted by atomic mass is 35.5. The van der Waals surface area contributed by atoms with Crippen molar-refractivity contribution in [2.24, 2.45) is 0 Å². The van der Waals surface area contributed by atoms with Crippen molar-refractivity contribution in [1.29, 1.82) is 0 Å². The van der Waals surface area contributed by atoms with E-state index in [1.807, 2.05) is 41.3 Å². The number of carbonyl (C=O) groups is 2. The van der Waals surface area contributed by atoms with Crippen LogP contribution < -0.4 is 0 Å². The molecule has 1 saturated heterocycles. The molecule has 1 heterocycles. The van der Waals surface area contributed by atoms with Crippen molar-refractivity contribution < 1.29 is 19.1 Å². The highest BCUT2D eigenvalue weighted by Gasteiger charge is 2.24. The van der Waals surface area contributed by atoms with Crippen LogP contribution in [0.15, 0.2) is 48.5 Å². The average Bonchev–Trinajstić information content (AvgIpc) is 2.85.